The molecule has 0 spiro atoms. The van der Waals surface area contributed by atoms with Crippen LogP contribution in [0.2, 0.25) is 0 Å². The number of aromatic nitrogens is 2. The highest BCUT2D eigenvalue weighted by Gasteiger charge is 2.08. The quantitative estimate of drug-likeness (QED) is 0.706. The number of anilines is 1. The Morgan fingerprint density at radius 2 is 2.24 bits per heavy atom. The molecule has 0 saturated heterocycles. The molecule has 17 heavy (non-hydrogen) atoms. The zero-order valence-corrected chi connectivity index (χ0v) is 8.81. The fourth-order valence-electron chi connectivity index (χ4n) is 1.65. The minimum Gasteiger partial charge on any atom is -0.363 e. The third-order valence-corrected chi connectivity index (χ3v) is 2.50. The summed E-state index contributed by atoms with van der Waals surface area (Å²) < 4.78 is 4.64. The van der Waals surface area contributed by atoms with Crippen LogP contribution >= 0.6 is 0 Å². The lowest BCUT2D eigenvalue weighted by Gasteiger charge is -2.01. The second kappa shape index (κ2) is 3.79. The molecule has 5 nitrogen and oxygen atoms in total. The third-order valence-electron chi connectivity index (χ3n) is 2.50. The van der Waals surface area contributed by atoms with Gasteiger partial charge in [0.1, 0.15) is 6.26 Å². The van der Waals surface area contributed by atoms with Gasteiger partial charge in [-0.25, -0.2) is 0 Å². The molecule has 0 aliphatic rings. The van der Waals surface area contributed by atoms with E-state index < -0.39 is 0 Å². The van der Waals surface area contributed by atoms with Gasteiger partial charge in [0, 0.05) is 23.3 Å². The maximum atomic E-state index is 11.9. The van der Waals surface area contributed by atoms with Crippen molar-refractivity contribution in [3.8, 4) is 0 Å². The summed E-state index contributed by atoms with van der Waals surface area (Å²) >= 11 is 0. The first-order valence-corrected chi connectivity index (χ1v) is 5.12. The van der Waals surface area contributed by atoms with E-state index >= 15 is 0 Å². The van der Waals surface area contributed by atoms with Crippen LogP contribution in [0, 0.1) is 0 Å². The number of carbonyl (C=O) groups is 1. The van der Waals surface area contributed by atoms with Crippen molar-refractivity contribution < 1.29 is 9.32 Å². The number of rotatable bonds is 2. The first-order valence-electron chi connectivity index (χ1n) is 5.12. The van der Waals surface area contributed by atoms with Crippen LogP contribution in [0.3, 0.4) is 0 Å². The predicted octanol–water partition coefficient (Wildman–Crippen LogP) is 2.41. The van der Waals surface area contributed by atoms with Gasteiger partial charge in [0.2, 0.25) is 0 Å². The van der Waals surface area contributed by atoms with Crippen molar-refractivity contribution >= 4 is 22.6 Å². The maximum absolute atomic E-state index is 11.9. The van der Waals surface area contributed by atoms with Gasteiger partial charge in [-0.1, -0.05) is 11.2 Å². The van der Waals surface area contributed by atoms with E-state index in [1.165, 1.54) is 6.26 Å². The van der Waals surface area contributed by atoms with E-state index in [2.05, 4.69) is 20.0 Å². The van der Waals surface area contributed by atoms with Gasteiger partial charge in [-0.05, 0) is 23.6 Å². The second-order valence-corrected chi connectivity index (χ2v) is 3.62. The van der Waals surface area contributed by atoms with Crippen LogP contribution in [-0.2, 0) is 0 Å². The summed E-state index contributed by atoms with van der Waals surface area (Å²) in [6.45, 7) is 0. The summed E-state index contributed by atoms with van der Waals surface area (Å²) in [6, 6.07) is 9.00. The number of carbonyl (C=O) groups excluding carboxylic acids is 1. The highest BCUT2D eigenvalue weighted by Crippen LogP contribution is 2.15. The lowest BCUT2D eigenvalue weighted by molar-refractivity contribution is 0.102. The van der Waals surface area contributed by atoms with E-state index in [0.29, 0.717) is 11.4 Å². The first kappa shape index (κ1) is 9.65. The molecule has 5 heteroatoms. The summed E-state index contributed by atoms with van der Waals surface area (Å²) in [6.07, 6.45) is 3.24. The van der Waals surface area contributed by atoms with Crippen molar-refractivity contribution in [3.05, 3.63) is 48.4 Å². The summed E-state index contributed by atoms with van der Waals surface area (Å²) in [5.74, 6) is 0.192. The molecule has 3 rings (SSSR count). The van der Waals surface area contributed by atoms with Crippen molar-refractivity contribution in [2.45, 2.75) is 0 Å². The number of H-pyrrole nitrogens is 1. The predicted molar refractivity (Wildman–Crippen MR) is 62.8 cm³/mol. The Hall–Kier alpha value is -2.56. The van der Waals surface area contributed by atoms with Crippen LogP contribution in [0.25, 0.3) is 10.9 Å². The number of fused-ring (bicyclic) bond motifs is 1. The van der Waals surface area contributed by atoms with E-state index in [-0.39, 0.29) is 5.91 Å². The molecule has 2 heterocycles. The lowest BCUT2D eigenvalue weighted by Crippen LogP contribution is -2.11. The Bertz CT molecular complexity index is 655. The standard InChI is InChI=1S/C12H9N3O2/c16-12(14-11-4-6-17-15-11)9-2-1-8-3-5-13-10(8)7-9/h1-7,13H,(H,14,15,16). The number of hydrogen-bond donors (Lipinski definition) is 2. The van der Waals surface area contributed by atoms with Gasteiger partial charge in [-0.3, -0.25) is 4.79 Å². The molecule has 1 aromatic carbocycles. The van der Waals surface area contributed by atoms with E-state index in [4.69, 9.17) is 0 Å². The number of nitrogens with one attached hydrogen (secondary N) is 2. The van der Waals surface area contributed by atoms with Crippen LogP contribution in [0.5, 0.6) is 0 Å². The molecule has 0 unspecified atom stereocenters. The van der Waals surface area contributed by atoms with E-state index in [0.717, 1.165) is 10.9 Å². The second-order valence-electron chi connectivity index (χ2n) is 3.62. The fourth-order valence-corrected chi connectivity index (χ4v) is 1.65. The summed E-state index contributed by atoms with van der Waals surface area (Å²) in [4.78, 5) is 14.9. The molecule has 0 radical (unpaired) electrons. The van der Waals surface area contributed by atoms with Gasteiger partial charge >= 0.3 is 0 Å². The Morgan fingerprint density at radius 1 is 1.29 bits per heavy atom. The molecule has 0 saturated carbocycles. The highest BCUT2D eigenvalue weighted by molar-refractivity contribution is 6.05. The van der Waals surface area contributed by atoms with Crippen molar-refractivity contribution in [1.29, 1.82) is 0 Å². The highest BCUT2D eigenvalue weighted by atomic mass is 16.5. The number of aromatic amines is 1. The first-order chi connectivity index (χ1) is 8.33. The minimum absolute atomic E-state index is 0.213. The van der Waals surface area contributed by atoms with Gasteiger partial charge in [0.15, 0.2) is 5.82 Å². The summed E-state index contributed by atoms with van der Waals surface area (Å²) in [7, 11) is 0. The van der Waals surface area contributed by atoms with Crippen LogP contribution < -0.4 is 5.32 Å². The van der Waals surface area contributed by atoms with Crippen LogP contribution in [-0.4, -0.2) is 16.0 Å². The zero-order chi connectivity index (χ0) is 11.7. The Balaban J connectivity index is 1.90. The zero-order valence-electron chi connectivity index (χ0n) is 8.81. The third kappa shape index (κ3) is 1.78. The largest absolute Gasteiger partial charge is 0.363 e. The van der Waals surface area contributed by atoms with Gasteiger partial charge in [-0.2, -0.15) is 0 Å². The number of hydrogen-bond acceptors (Lipinski definition) is 3. The lowest BCUT2D eigenvalue weighted by atomic mass is 10.1. The smallest absolute Gasteiger partial charge is 0.256 e. The Labute approximate surface area is 96.4 Å². The molecule has 84 valence electrons. The number of amides is 1. The molecule has 2 aromatic heterocycles. The molecule has 0 atom stereocenters. The summed E-state index contributed by atoms with van der Waals surface area (Å²) in [5, 5.41) is 7.33. The number of nitrogens with zero attached hydrogens (tertiary/aromatic N) is 1. The molecular formula is C12H9N3O2. The van der Waals surface area contributed by atoms with Crippen LogP contribution in [0.1, 0.15) is 10.4 Å². The van der Waals surface area contributed by atoms with Crippen molar-refractivity contribution in [1.82, 2.24) is 10.1 Å². The molecule has 0 fully saturated rings. The van der Waals surface area contributed by atoms with E-state index in [9.17, 15) is 4.79 Å². The Kier molecular flexibility index (Phi) is 2.15. The van der Waals surface area contributed by atoms with Crippen LogP contribution in [0.4, 0.5) is 5.82 Å². The average molecular weight is 227 g/mol. The summed E-state index contributed by atoms with van der Waals surface area (Å²) in [5.41, 5.74) is 1.50. The van der Waals surface area contributed by atoms with Crippen molar-refractivity contribution in [2.24, 2.45) is 0 Å². The van der Waals surface area contributed by atoms with Gasteiger partial charge in [-0.15, -0.1) is 0 Å². The molecule has 3 aromatic rings. The molecule has 1 amide bonds. The minimum atomic E-state index is -0.213. The van der Waals surface area contributed by atoms with Crippen LogP contribution in [0.15, 0.2) is 47.3 Å². The van der Waals surface area contributed by atoms with E-state index in [1.807, 2.05) is 18.3 Å². The van der Waals surface area contributed by atoms with E-state index in [1.54, 1.807) is 18.2 Å². The molecule has 2 N–H and O–H groups in total. The Morgan fingerprint density at radius 3 is 3.06 bits per heavy atom. The van der Waals surface area contributed by atoms with Gasteiger partial charge < -0.3 is 14.8 Å². The fraction of sp³-hybridized carbons (Fsp3) is 0. The average Bonchev–Trinajstić information content (AvgIpc) is 2.97. The van der Waals surface area contributed by atoms with Crippen molar-refractivity contribution in [3.63, 3.8) is 0 Å². The van der Waals surface area contributed by atoms with Gasteiger partial charge in [0.05, 0.1) is 0 Å². The molecular weight excluding hydrogens is 218 g/mol. The van der Waals surface area contributed by atoms with Crippen molar-refractivity contribution in [2.75, 3.05) is 5.32 Å². The number of benzene rings is 1. The topological polar surface area (TPSA) is 70.9 Å². The van der Waals surface area contributed by atoms with Gasteiger partial charge in [0.25, 0.3) is 5.91 Å². The maximum Gasteiger partial charge on any atom is 0.256 e. The monoisotopic (exact) mass is 227 g/mol. The molecule has 0 aliphatic carbocycles. The molecule has 0 bridgehead atoms. The molecule has 0 aliphatic heterocycles. The normalized spacial score (nSPS) is 10.6. The SMILES string of the molecule is O=C(Nc1ccon1)c1ccc2cc[nH]c2c1.